The van der Waals surface area contributed by atoms with Crippen LogP contribution in [-0.2, 0) is 10.8 Å². The van der Waals surface area contributed by atoms with E-state index in [-0.39, 0.29) is 10.8 Å². The second-order valence-electron chi connectivity index (χ2n) is 22.7. The van der Waals surface area contributed by atoms with E-state index >= 15 is 0 Å². The van der Waals surface area contributed by atoms with Gasteiger partial charge in [-0.15, -0.1) is 0 Å². The standard InChI is InChI=1S/C72H52/c1-71(2,3)49-35-45-27-31-51-65-52(32-28-46(36-49)59(45)65)68-62(42-21-13-8-14-22-42)56-40-58-57(39-55(56)61(67(51)68)41-19-11-7-12-20-41)63(43-23-15-9-16-24-43)69-53-33-29-47-37-50(72(4,5)6)38-48-30-34-54(66(53)60(47)48)70(69)64(58)44-25-17-10-18-26-44/h7-40H,1-6H3. The van der Waals surface area contributed by atoms with Crippen LogP contribution in [0.2, 0.25) is 0 Å². The molecule has 0 aliphatic heterocycles. The first-order valence-corrected chi connectivity index (χ1v) is 25.7. The van der Waals surface area contributed by atoms with Crippen LogP contribution in [-0.4, -0.2) is 0 Å². The van der Waals surface area contributed by atoms with Crippen LogP contribution in [0.3, 0.4) is 0 Å². The van der Waals surface area contributed by atoms with Crippen LogP contribution in [0.4, 0.5) is 0 Å². The highest BCUT2D eigenvalue weighted by Gasteiger charge is 2.31. The fourth-order valence-corrected chi connectivity index (χ4v) is 13.2. The smallest absolute Gasteiger partial charge is 0.000740 e. The predicted molar refractivity (Wildman–Crippen MR) is 308 cm³/mol. The molecule has 0 atom stereocenters. The molecule has 0 fully saturated rings. The molecule has 0 radical (unpaired) electrons. The first kappa shape index (κ1) is 41.5. The van der Waals surface area contributed by atoms with Crippen LogP contribution >= 0.6 is 0 Å². The number of hydrogen-bond donors (Lipinski definition) is 0. The number of benzene rings is 13. The van der Waals surface area contributed by atoms with E-state index in [0.29, 0.717) is 0 Å². The number of rotatable bonds is 4. The van der Waals surface area contributed by atoms with Crippen molar-refractivity contribution < 1.29 is 0 Å². The van der Waals surface area contributed by atoms with Crippen LogP contribution in [0.25, 0.3) is 131 Å². The van der Waals surface area contributed by atoms with Gasteiger partial charge in [0, 0.05) is 0 Å². The molecule has 13 aromatic rings. The van der Waals surface area contributed by atoms with Gasteiger partial charge in [-0.2, -0.15) is 0 Å². The maximum absolute atomic E-state index is 2.61. The van der Waals surface area contributed by atoms with Crippen molar-refractivity contribution >= 4 is 64.6 Å². The van der Waals surface area contributed by atoms with Gasteiger partial charge in [0.25, 0.3) is 0 Å². The highest BCUT2D eigenvalue weighted by atomic mass is 14.3. The van der Waals surface area contributed by atoms with Gasteiger partial charge in [-0.05, 0) is 186 Å². The highest BCUT2D eigenvalue weighted by Crippen LogP contribution is 2.56. The van der Waals surface area contributed by atoms with Crippen LogP contribution < -0.4 is 0 Å². The molecule has 0 heteroatoms. The number of hydrogen-bond acceptors (Lipinski definition) is 0. The Morgan fingerprint density at radius 1 is 0.250 bits per heavy atom. The summed E-state index contributed by atoms with van der Waals surface area (Å²) in [6, 6.07) is 79.4. The molecule has 0 saturated heterocycles. The van der Waals surface area contributed by atoms with Gasteiger partial charge in [-0.3, -0.25) is 0 Å². The summed E-state index contributed by atoms with van der Waals surface area (Å²) >= 11 is 0. The van der Waals surface area contributed by atoms with E-state index in [2.05, 4.69) is 248 Å². The molecule has 0 nitrogen and oxygen atoms in total. The Hall–Kier alpha value is -8.32. The zero-order chi connectivity index (χ0) is 48.4. The van der Waals surface area contributed by atoms with Gasteiger partial charge >= 0.3 is 0 Å². The van der Waals surface area contributed by atoms with Crippen molar-refractivity contribution in [2.45, 2.75) is 52.4 Å². The van der Waals surface area contributed by atoms with Crippen LogP contribution in [0.1, 0.15) is 52.7 Å². The topological polar surface area (TPSA) is 0 Å². The average molecular weight is 917 g/mol. The van der Waals surface area contributed by atoms with Crippen molar-refractivity contribution in [2.75, 3.05) is 0 Å². The third-order valence-corrected chi connectivity index (χ3v) is 16.5. The third kappa shape index (κ3) is 5.70. The minimum atomic E-state index is 0.0311. The summed E-state index contributed by atoms with van der Waals surface area (Å²) in [7, 11) is 0. The van der Waals surface area contributed by atoms with E-state index in [1.807, 2.05) is 0 Å². The van der Waals surface area contributed by atoms with Crippen LogP contribution in [0, 0.1) is 20.9 Å². The summed E-state index contributed by atoms with van der Waals surface area (Å²) in [5.41, 5.74) is 18.2. The van der Waals surface area contributed by atoms with Gasteiger partial charge < -0.3 is 0 Å². The molecule has 0 aromatic heterocycles. The molecular weight excluding hydrogens is 865 g/mol. The zero-order valence-corrected chi connectivity index (χ0v) is 41.6. The van der Waals surface area contributed by atoms with Gasteiger partial charge in [-0.1, -0.05) is 236 Å². The molecule has 15 rings (SSSR count). The third-order valence-electron chi connectivity index (χ3n) is 16.5. The summed E-state index contributed by atoms with van der Waals surface area (Å²) < 4.78 is 0. The van der Waals surface area contributed by atoms with E-state index in [1.165, 1.54) is 163 Å². The molecular formula is C72H52. The summed E-state index contributed by atoms with van der Waals surface area (Å²) in [4.78, 5) is 0. The lowest BCUT2D eigenvalue weighted by atomic mass is 9.80. The van der Waals surface area contributed by atoms with E-state index in [1.54, 1.807) is 0 Å². The van der Waals surface area contributed by atoms with Gasteiger partial charge in [0.15, 0.2) is 0 Å². The average Bonchev–Trinajstić information content (AvgIpc) is 3.92. The Labute approximate surface area is 419 Å². The Balaban J connectivity index is 1.21. The first-order valence-electron chi connectivity index (χ1n) is 25.7. The molecule has 0 saturated carbocycles. The van der Waals surface area contributed by atoms with E-state index in [0.717, 1.165) is 0 Å². The molecule has 2 aliphatic rings. The Morgan fingerprint density at radius 3 is 0.861 bits per heavy atom. The van der Waals surface area contributed by atoms with Gasteiger partial charge in [0.1, 0.15) is 0 Å². The Bertz CT molecular complexity index is 4340. The van der Waals surface area contributed by atoms with Gasteiger partial charge in [-0.25, -0.2) is 0 Å². The van der Waals surface area contributed by atoms with Crippen molar-refractivity contribution in [3.05, 3.63) is 238 Å². The molecule has 0 spiro atoms. The van der Waals surface area contributed by atoms with Crippen molar-refractivity contribution in [2.24, 2.45) is 0 Å². The monoisotopic (exact) mass is 916 g/mol. The maximum atomic E-state index is 2.61. The fourth-order valence-electron chi connectivity index (χ4n) is 13.2. The lowest BCUT2D eigenvalue weighted by Crippen LogP contribution is -2.10. The molecule has 0 N–H and O–H groups in total. The molecule has 72 heavy (non-hydrogen) atoms. The lowest BCUT2D eigenvalue weighted by molar-refractivity contribution is 0.591. The summed E-state index contributed by atoms with van der Waals surface area (Å²) in [6.45, 7) is 14.0. The maximum Gasteiger partial charge on any atom is -0.000740 e. The van der Waals surface area contributed by atoms with E-state index < -0.39 is 0 Å². The molecule has 0 unspecified atom stereocenters. The Morgan fingerprint density at radius 2 is 0.542 bits per heavy atom. The fraction of sp³-hybridized carbons (Fsp3) is 0.111. The summed E-state index contributed by atoms with van der Waals surface area (Å²) in [5, 5.41) is 21.0. The van der Waals surface area contributed by atoms with Gasteiger partial charge in [0.2, 0.25) is 0 Å². The van der Waals surface area contributed by atoms with Crippen molar-refractivity contribution in [3.63, 3.8) is 0 Å². The zero-order valence-electron chi connectivity index (χ0n) is 41.6. The minimum Gasteiger partial charge on any atom is -0.0622 e. The van der Waals surface area contributed by atoms with Crippen molar-refractivity contribution in [1.82, 2.24) is 0 Å². The van der Waals surface area contributed by atoms with Crippen LogP contribution in [0.15, 0.2) is 206 Å². The molecule has 0 heterocycles. The quantitative estimate of drug-likeness (QED) is 0.154. The molecule has 13 aromatic carbocycles. The Kier molecular flexibility index (Phi) is 8.42. The molecule has 2 aliphatic carbocycles. The molecule has 0 bridgehead atoms. The SMILES string of the molecule is CC(C)(C)c1cc2ccc3c4c(ccc(c1)c24)=c1c-3c(-c2ccccc2)c2cc3c(-c4ccccc4)c4c(c(-c5ccccc5)c3cc2c1-c1ccccc1)-c1ccc2cc(C(C)(C)C)cc3ccc=4c1c23. The normalized spacial score (nSPS) is 12.9. The summed E-state index contributed by atoms with van der Waals surface area (Å²) in [6.07, 6.45) is 0. The van der Waals surface area contributed by atoms with Crippen molar-refractivity contribution in [1.29, 1.82) is 0 Å². The second kappa shape index (κ2) is 14.6. The number of fused-ring (bicyclic) bond motifs is 6. The van der Waals surface area contributed by atoms with Crippen molar-refractivity contribution in [3.8, 4) is 66.8 Å². The molecule has 0 amide bonds. The largest absolute Gasteiger partial charge is 0.0622 e. The lowest BCUT2D eigenvalue weighted by Gasteiger charge is -2.23. The van der Waals surface area contributed by atoms with Crippen LogP contribution in [0.5, 0.6) is 0 Å². The second-order valence-corrected chi connectivity index (χ2v) is 22.7. The predicted octanol–water partition coefficient (Wildman–Crippen LogP) is 19.8. The van der Waals surface area contributed by atoms with Gasteiger partial charge in [0.05, 0.1) is 0 Å². The van der Waals surface area contributed by atoms with E-state index in [4.69, 9.17) is 0 Å². The first-order chi connectivity index (χ1) is 35.0. The summed E-state index contributed by atoms with van der Waals surface area (Å²) in [5.74, 6) is 0. The molecule has 340 valence electrons. The highest BCUT2D eigenvalue weighted by molar-refractivity contribution is 6.27. The van der Waals surface area contributed by atoms with E-state index in [9.17, 15) is 0 Å². The minimum absolute atomic E-state index is 0.0311.